The Kier molecular flexibility index (Phi) is 10.5. The van der Waals surface area contributed by atoms with E-state index in [1.807, 2.05) is 99.1 Å². The third-order valence-corrected chi connectivity index (χ3v) is 5.59. The Morgan fingerprint density at radius 3 is 2.09 bits per heavy atom. The van der Waals surface area contributed by atoms with Crippen LogP contribution in [0.3, 0.4) is 0 Å². The average Bonchev–Trinajstić information content (AvgIpc) is 3.27. The molecule has 1 unspecified atom stereocenters. The zero-order valence-electron chi connectivity index (χ0n) is 21.7. The van der Waals surface area contributed by atoms with Crippen molar-refractivity contribution in [2.24, 2.45) is 5.92 Å². The summed E-state index contributed by atoms with van der Waals surface area (Å²) in [6.45, 7) is 14.3. The number of amides is 1. The first-order chi connectivity index (χ1) is 16.5. The van der Waals surface area contributed by atoms with Crippen molar-refractivity contribution >= 4 is 11.5 Å². The van der Waals surface area contributed by atoms with E-state index in [0.717, 1.165) is 22.5 Å². The van der Waals surface area contributed by atoms with E-state index in [9.17, 15) is 4.79 Å². The van der Waals surface area contributed by atoms with Crippen LogP contribution in [0.25, 0.3) is 11.3 Å². The Bertz CT molecular complexity index is 1090. The highest BCUT2D eigenvalue weighted by Gasteiger charge is 2.27. The van der Waals surface area contributed by atoms with Gasteiger partial charge in [-0.05, 0) is 49.5 Å². The van der Waals surface area contributed by atoms with E-state index in [1.54, 1.807) is 0 Å². The Hall–Kier alpha value is -3.40. The molecule has 0 aliphatic rings. The quantitative estimate of drug-likeness (QED) is 0.355. The summed E-state index contributed by atoms with van der Waals surface area (Å²) < 4.78 is 1.91. The number of carbonyl (C=O) groups excluding carboxylic acids is 1. The van der Waals surface area contributed by atoms with Gasteiger partial charge in [-0.1, -0.05) is 101 Å². The van der Waals surface area contributed by atoms with Crippen LogP contribution in [-0.2, 0) is 6.42 Å². The number of nitrogens with one attached hydrogen (secondary N) is 1. The average molecular weight is 458 g/mol. The molecule has 0 radical (unpaired) electrons. The highest BCUT2D eigenvalue weighted by molar-refractivity contribution is 6.01. The third kappa shape index (κ3) is 6.13. The lowest BCUT2D eigenvalue weighted by atomic mass is 9.95. The molecule has 3 rings (SSSR count). The molecule has 1 aromatic heterocycles. The van der Waals surface area contributed by atoms with E-state index in [2.05, 4.69) is 38.2 Å². The third-order valence-electron chi connectivity index (χ3n) is 5.59. The van der Waals surface area contributed by atoms with Crippen molar-refractivity contribution in [3.05, 3.63) is 101 Å². The van der Waals surface area contributed by atoms with Crippen LogP contribution in [0.5, 0.6) is 0 Å². The molecule has 34 heavy (non-hydrogen) atoms. The molecule has 1 heterocycles. The van der Waals surface area contributed by atoms with Gasteiger partial charge in [0.15, 0.2) is 0 Å². The van der Waals surface area contributed by atoms with Gasteiger partial charge >= 0.3 is 0 Å². The number of hydrogen-bond acceptors (Lipinski definition) is 2. The molecule has 0 aliphatic heterocycles. The van der Waals surface area contributed by atoms with Gasteiger partial charge in [-0.2, -0.15) is 5.10 Å². The molecular formula is C30H39N3O. The number of allylic oxidation sites excluding steroid dienone is 4. The van der Waals surface area contributed by atoms with Crippen LogP contribution in [0.15, 0.2) is 78.9 Å². The van der Waals surface area contributed by atoms with E-state index in [-0.39, 0.29) is 17.9 Å². The van der Waals surface area contributed by atoms with E-state index < -0.39 is 0 Å². The number of hydrogen-bond donors (Lipinski definition) is 1. The summed E-state index contributed by atoms with van der Waals surface area (Å²) in [6.07, 6.45) is 6.68. The van der Waals surface area contributed by atoms with Crippen molar-refractivity contribution in [1.82, 2.24) is 15.1 Å². The van der Waals surface area contributed by atoms with E-state index in [4.69, 9.17) is 5.10 Å². The highest BCUT2D eigenvalue weighted by atomic mass is 16.1. The van der Waals surface area contributed by atoms with Gasteiger partial charge in [-0.15, -0.1) is 0 Å². The van der Waals surface area contributed by atoms with Crippen molar-refractivity contribution in [2.45, 2.75) is 60.9 Å². The van der Waals surface area contributed by atoms with Gasteiger partial charge in [0, 0.05) is 0 Å². The normalized spacial score (nSPS) is 12.4. The van der Waals surface area contributed by atoms with Crippen molar-refractivity contribution in [3.8, 4) is 5.69 Å². The number of carbonyl (C=O) groups is 1. The van der Waals surface area contributed by atoms with Crippen LogP contribution in [0, 0.1) is 5.92 Å². The largest absolute Gasteiger partial charge is 0.345 e. The summed E-state index contributed by atoms with van der Waals surface area (Å²) in [5.41, 5.74) is 5.24. The molecule has 0 saturated carbocycles. The molecular weight excluding hydrogens is 418 g/mol. The van der Waals surface area contributed by atoms with Crippen LogP contribution >= 0.6 is 0 Å². The topological polar surface area (TPSA) is 46.9 Å². The first kappa shape index (κ1) is 26.8. The molecule has 1 amide bonds. The Morgan fingerprint density at radius 1 is 1.00 bits per heavy atom. The van der Waals surface area contributed by atoms with Crippen LogP contribution in [0.2, 0.25) is 0 Å². The van der Waals surface area contributed by atoms with Gasteiger partial charge < -0.3 is 5.32 Å². The van der Waals surface area contributed by atoms with Gasteiger partial charge in [0.25, 0.3) is 5.91 Å². The van der Waals surface area contributed by atoms with Gasteiger partial charge in [0.2, 0.25) is 0 Å². The minimum absolute atomic E-state index is 0.0860. The summed E-state index contributed by atoms with van der Waals surface area (Å²) >= 11 is 0. The van der Waals surface area contributed by atoms with Crippen LogP contribution in [0.4, 0.5) is 0 Å². The maximum Gasteiger partial charge on any atom is 0.255 e. The zero-order valence-corrected chi connectivity index (χ0v) is 21.7. The van der Waals surface area contributed by atoms with E-state index in [0.29, 0.717) is 17.7 Å². The fourth-order valence-electron chi connectivity index (χ4n) is 4.00. The monoisotopic (exact) mass is 457 g/mol. The molecule has 1 N–H and O–H groups in total. The second-order valence-corrected chi connectivity index (χ2v) is 8.12. The lowest BCUT2D eigenvalue weighted by molar-refractivity contribution is 0.0924. The van der Waals surface area contributed by atoms with Crippen molar-refractivity contribution in [2.75, 3.05) is 0 Å². The summed E-state index contributed by atoms with van der Waals surface area (Å²) in [6, 6.07) is 20.1. The summed E-state index contributed by atoms with van der Waals surface area (Å²) in [7, 11) is 0. The Morgan fingerprint density at radius 2 is 1.59 bits per heavy atom. The summed E-state index contributed by atoms with van der Waals surface area (Å²) in [5, 5.41) is 8.23. The molecule has 4 nitrogen and oxygen atoms in total. The second kappa shape index (κ2) is 13.3. The maximum absolute atomic E-state index is 13.8. The lowest BCUT2D eigenvalue weighted by Gasteiger charge is -2.23. The van der Waals surface area contributed by atoms with Crippen molar-refractivity contribution < 1.29 is 4.79 Å². The Labute approximate surface area is 205 Å². The van der Waals surface area contributed by atoms with Crippen molar-refractivity contribution in [3.63, 3.8) is 0 Å². The Balaban J connectivity index is 0.00000199. The minimum atomic E-state index is -0.0922. The van der Waals surface area contributed by atoms with Crippen LogP contribution in [-0.4, -0.2) is 15.7 Å². The number of benzene rings is 2. The summed E-state index contributed by atoms with van der Waals surface area (Å²) in [5.74, 6) is 0.154. The van der Waals surface area contributed by atoms with Crippen LogP contribution < -0.4 is 5.32 Å². The predicted molar refractivity (Wildman–Crippen MR) is 144 cm³/mol. The number of aromatic nitrogens is 2. The van der Waals surface area contributed by atoms with Gasteiger partial charge in [0.05, 0.1) is 23.0 Å². The standard InChI is InChI=1S/C28H33N3O.C2H6/c1-6-15-21(7-2)27-25(24(8-3)31(30-27)23-18-13-10-14-19-23)28(32)29-26(20(4)5)22-16-11-9-12-17-22;1-2/h6-7,9-20,26H,8H2,1-5H3,(H,29,32);1-2H3/b15-6-,21-7+;. The van der Waals surface area contributed by atoms with Gasteiger partial charge in [-0.25, -0.2) is 4.68 Å². The molecule has 3 aromatic rings. The fourth-order valence-corrected chi connectivity index (χ4v) is 4.00. The molecule has 0 bridgehead atoms. The van der Waals surface area contributed by atoms with Crippen LogP contribution in [0.1, 0.15) is 81.8 Å². The van der Waals surface area contributed by atoms with Gasteiger partial charge in [0.1, 0.15) is 5.69 Å². The number of rotatable bonds is 8. The molecule has 180 valence electrons. The maximum atomic E-state index is 13.8. The number of nitrogens with zero attached hydrogens (tertiary/aromatic N) is 2. The summed E-state index contributed by atoms with van der Waals surface area (Å²) in [4.78, 5) is 13.8. The smallest absolute Gasteiger partial charge is 0.255 e. The number of para-hydroxylation sites is 1. The fraction of sp³-hybridized carbons (Fsp3) is 0.333. The molecule has 0 saturated heterocycles. The lowest BCUT2D eigenvalue weighted by Crippen LogP contribution is -2.32. The second-order valence-electron chi connectivity index (χ2n) is 8.12. The van der Waals surface area contributed by atoms with E-state index >= 15 is 0 Å². The van der Waals surface area contributed by atoms with Gasteiger partial charge in [-0.3, -0.25) is 4.79 Å². The van der Waals surface area contributed by atoms with Crippen molar-refractivity contribution in [1.29, 1.82) is 0 Å². The molecule has 0 aliphatic carbocycles. The molecule has 2 aromatic carbocycles. The minimum Gasteiger partial charge on any atom is -0.345 e. The zero-order chi connectivity index (χ0) is 25.1. The first-order valence-electron chi connectivity index (χ1n) is 12.3. The highest BCUT2D eigenvalue weighted by Crippen LogP contribution is 2.28. The molecule has 0 spiro atoms. The first-order valence-corrected chi connectivity index (χ1v) is 12.3. The molecule has 0 fully saturated rings. The van der Waals surface area contributed by atoms with E-state index in [1.165, 1.54) is 0 Å². The molecule has 4 heteroatoms. The predicted octanol–water partition coefficient (Wildman–Crippen LogP) is 7.57. The SMILES string of the molecule is C/C=C\C(=C/C)c1nn(-c2ccccc2)c(CC)c1C(=O)NC(c1ccccc1)C(C)C.CC. The molecule has 1 atom stereocenters.